The molecule has 4 heterocycles. The molecule has 5 aliphatic rings. The first-order valence-electron chi connectivity index (χ1n) is 12.8. The Morgan fingerprint density at radius 1 is 1.17 bits per heavy atom. The lowest BCUT2D eigenvalue weighted by Gasteiger charge is -2.29. The smallest absolute Gasteiger partial charge is 0.326 e. The SMILES string of the molecule is O=C1NC(=O)/C(=C/c2cnn3c2CNC(C2=CC(CN4CCOCC4)CCC=C2)=CC3=NC2CC2)N1. The molecule has 3 fully saturated rings. The number of rotatable bonds is 5. The van der Waals surface area contributed by atoms with Gasteiger partial charge in [-0.1, -0.05) is 18.2 Å². The molecule has 188 valence electrons. The van der Waals surface area contributed by atoms with Gasteiger partial charge < -0.3 is 15.4 Å². The van der Waals surface area contributed by atoms with Crippen LogP contribution in [0.2, 0.25) is 0 Å². The summed E-state index contributed by atoms with van der Waals surface area (Å²) < 4.78 is 7.37. The molecule has 6 rings (SSSR count). The number of nitrogens with one attached hydrogen (secondary N) is 3. The van der Waals surface area contributed by atoms with Gasteiger partial charge in [-0.15, -0.1) is 0 Å². The van der Waals surface area contributed by atoms with E-state index in [1.807, 2.05) is 4.68 Å². The van der Waals surface area contributed by atoms with Crippen molar-refractivity contribution in [1.82, 2.24) is 30.6 Å². The summed E-state index contributed by atoms with van der Waals surface area (Å²) in [6.07, 6.45) is 16.7. The van der Waals surface area contributed by atoms with Gasteiger partial charge in [0.25, 0.3) is 5.91 Å². The van der Waals surface area contributed by atoms with Crippen LogP contribution in [0.4, 0.5) is 4.79 Å². The van der Waals surface area contributed by atoms with E-state index < -0.39 is 11.9 Å². The number of nitrogens with zero attached hydrogens (tertiary/aromatic N) is 4. The van der Waals surface area contributed by atoms with Gasteiger partial charge in [0.2, 0.25) is 0 Å². The molecule has 36 heavy (non-hydrogen) atoms. The third-order valence-corrected chi connectivity index (χ3v) is 7.04. The van der Waals surface area contributed by atoms with Crippen molar-refractivity contribution in [1.29, 1.82) is 0 Å². The lowest BCUT2D eigenvalue weighted by molar-refractivity contribution is -0.115. The summed E-state index contributed by atoms with van der Waals surface area (Å²) in [5, 5.41) is 13.0. The maximum Gasteiger partial charge on any atom is 0.326 e. The van der Waals surface area contributed by atoms with Crippen LogP contribution in [0.5, 0.6) is 0 Å². The minimum atomic E-state index is -0.513. The quantitative estimate of drug-likeness (QED) is 0.429. The van der Waals surface area contributed by atoms with Crippen LogP contribution >= 0.6 is 0 Å². The number of urea groups is 1. The highest BCUT2D eigenvalue weighted by molar-refractivity contribution is 6.14. The number of amides is 3. The Kier molecular flexibility index (Phi) is 6.28. The molecule has 1 aromatic heterocycles. The monoisotopic (exact) mass is 489 g/mol. The molecule has 3 aliphatic heterocycles. The predicted octanol–water partition coefficient (Wildman–Crippen LogP) is 1.68. The van der Waals surface area contributed by atoms with Crippen LogP contribution in [-0.2, 0) is 16.1 Å². The van der Waals surface area contributed by atoms with Crippen LogP contribution in [0.15, 0.2) is 52.5 Å². The molecule has 2 aliphatic carbocycles. The second-order valence-corrected chi connectivity index (χ2v) is 9.83. The average Bonchev–Trinajstić information content (AvgIpc) is 3.61. The fraction of sp³-hybridized carbons (Fsp3) is 0.462. The number of imide groups is 1. The highest BCUT2D eigenvalue weighted by atomic mass is 16.5. The molecule has 0 bridgehead atoms. The molecule has 3 amide bonds. The Labute approximate surface area is 209 Å². The standard InChI is InChI=1S/C26H31N7O3/c34-25-22(30-26(35)31-25)12-19-14-28-33-23(19)15-27-21(13-24(33)29-20-5-6-20)18-4-2-1-3-17(11-18)16-32-7-9-36-10-8-32/h2,4,11-14,17,20,27H,1,3,5-10,15-16H2,(H2,30,31,34,35)/b22-12-,29-24?. The number of fused-ring (bicyclic) bond motifs is 1. The highest BCUT2D eigenvalue weighted by Crippen LogP contribution is 2.28. The molecular formula is C26H31N7O3. The molecule has 3 N–H and O–H groups in total. The molecular weight excluding hydrogens is 458 g/mol. The molecule has 1 aromatic rings. The number of hydrogen-bond acceptors (Lipinski definition) is 7. The Morgan fingerprint density at radius 3 is 2.81 bits per heavy atom. The third-order valence-electron chi connectivity index (χ3n) is 7.04. The number of carbonyl (C=O) groups excluding carboxylic acids is 2. The molecule has 1 atom stereocenters. The normalized spacial score (nSPS) is 27.1. The number of aliphatic imine (C=N–C) groups is 1. The molecule has 2 saturated heterocycles. The second kappa shape index (κ2) is 9.87. The fourth-order valence-corrected chi connectivity index (χ4v) is 4.96. The zero-order chi connectivity index (χ0) is 24.5. The minimum Gasteiger partial charge on any atom is -0.379 e. The van der Waals surface area contributed by atoms with Gasteiger partial charge in [0.1, 0.15) is 5.70 Å². The molecule has 0 radical (unpaired) electrons. The van der Waals surface area contributed by atoms with E-state index in [1.165, 1.54) is 5.57 Å². The lowest BCUT2D eigenvalue weighted by atomic mass is 10.00. The van der Waals surface area contributed by atoms with Gasteiger partial charge in [0.05, 0.1) is 37.7 Å². The molecule has 1 unspecified atom stereocenters. The van der Waals surface area contributed by atoms with Crippen molar-refractivity contribution in [2.24, 2.45) is 10.9 Å². The molecule has 10 nitrogen and oxygen atoms in total. The zero-order valence-corrected chi connectivity index (χ0v) is 20.2. The molecule has 1 saturated carbocycles. The molecule has 10 heteroatoms. The van der Waals surface area contributed by atoms with Crippen molar-refractivity contribution in [3.05, 3.63) is 58.7 Å². The van der Waals surface area contributed by atoms with Crippen LogP contribution in [-0.4, -0.2) is 71.3 Å². The van der Waals surface area contributed by atoms with E-state index in [1.54, 1.807) is 12.3 Å². The van der Waals surface area contributed by atoms with Gasteiger partial charge >= 0.3 is 6.03 Å². The topological polar surface area (TPSA) is 113 Å². The number of carbonyl (C=O) groups is 2. The lowest BCUT2D eigenvalue weighted by Crippen LogP contribution is -2.39. The third kappa shape index (κ3) is 5.05. The molecule has 0 aromatic carbocycles. The highest BCUT2D eigenvalue weighted by Gasteiger charge is 2.27. The number of ether oxygens (including phenoxy) is 1. The van der Waals surface area contributed by atoms with Crippen molar-refractivity contribution < 1.29 is 14.3 Å². The second-order valence-electron chi connectivity index (χ2n) is 9.83. The Hall–Kier alpha value is -3.50. The maximum atomic E-state index is 12.1. The van der Waals surface area contributed by atoms with Crippen molar-refractivity contribution in [3.8, 4) is 0 Å². The van der Waals surface area contributed by atoms with Crippen LogP contribution in [0.1, 0.15) is 36.9 Å². The van der Waals surface area contributed by atoms with E-state index in [9.17, 15) is 9.59 Å². The summed E-state index contributed by atoms with van der Waals surface area (Å²) in [5.74, 6) is 0.817. The summed E-state index contributed by atoms with van der Waals surface area (Å²) in [5.41, 5.74) is 4.07. The first-order valence-corrected chi connectivity index (χ1v) is 12.8. The number of allylic oxidation sites excluding steroid dienone is 3. The van der Waals surface area contributed by atoms with E-state index in [0.29, 0.717) is 18.5 Å². The minimum absolute atomic E-state index is 0.217. The van der Waals surface area contributed by atoms with Gasteiger partial charge in [0, 0.05) is 37.0 Å². The van der Waals surface area contributed by atoms with Crippen LogP contribution in [0.3, 0.4) is 0 Å². The van der Waals surface area contributed by atoms with Crippen LogP contribution < -0.4 is 16.0 Å². The zero-order valence-electron chi connectivity index (χ0n) is 20.2. The maximum absolute atomic E-state index is 12.1. The summed E-state index contributed by atoms with van der Waals surface area (Å²) in [6, 6.07) is -0.191. The van der Waals surface area contributed by atoms with Crippen LogP contribution in [0, 0.1) is 5.92 Å². The predicted molar refractivity (Wildman–Crippen MR) is 135 cm³/mol. The summed E-state index contributed by atoms with van der Waals surface area (Å²) in [4.78, 5) is 31.1. The Bertz CT molecular complexity index is 1210. The van der Waals surface area contributed by atoms with Crippen molar-refractivity contribution in [3.63, 3.8) is 0 Å². The fourth-order valence-electron chi connectivity index (χ4n) is 4.96. The van der Waals surface area contributed by atoms with Gasteiger partial charge in [-0.3, -0.25) is 20.0 Å². The number of aromatic nitrogens is 2. The van der Waals surface area contributed by atoms with Gasteiger partial charge in [0.15, 0.2) is 5.84 Å². The van der Waals surface area contributed by atoms with Gasteiger partial charge in [-0.25, -0.2) is 9.48 Å². The van der Waals surface area contributed by atoms with E-state index in [-0.39, 0.29) is 5.70 Å². The largest absolute Gasteiger partial charge is 0.379 e. The Balaban J connectivity index is 1.29. The van der Waals surface area contributed by atoms with E-state index in [0.717, 1.165) is 81.3 Å². The Morgan fingerprint density at radius 2 is 2.03 bits per heavy atom. The van der Waals surface area contributed by atoms with E-state index >= 15 is 0 Å². The first kappa shape index (κ1) is 22.9. The van der Waals surface area contributed by atoms with E-state index in [2.05, 4.69) is 50.3 Å². The van der Waals surface area contributed by atoms with Crippen molar-refractivity contribution in [2.45, 2.75) is 38.3 Å². The van der Waals surface area contributed by atoms with Gasteiger partial charge in [-0.05, 0) is 43.3 Å². The number of hydrogen-bond donors (Lipinski definition) is 3. The molecule has 0 spiro atoms. The summed E-state index contributed by atoms with van der Waals surface area (Å²) >= 11 is 0. The van der Waals surface area contributed by atoms with Gasteiger partial charge in [-0.2, -0.15) is 5.10 Å². The summed E-state index contributed by atoms with van der Waals surface area (Å²) in [6.45, 7) is 5.16. The average molecular weight is 490 g/mol. The van der Waals surface area contributed by atoms with Crippen molar-refractivity contribution in [2.75, 3.05) is 32.8 Å². The summed E-state index contributed by atoms with van der Waals surface area (Å²) in [7, 11) is 0. The number of morpholine rings is 1. The first-order chi connectivity index (χ1) is 17.6. The van der Waals surface area contributed by atoms with E-state index in [4.69, 9.17) is 9.73 Å². The van der Waals surface area contributed by atoms with Crippen molar-refractivity contribution >= 4 is 23.8 Å². The van der Waals surface area contributed by atoms with Crippen LogP contribution in [0.25, 0.3) is 6.08 Å².